The number of nitrogens with one attached hydrogen (secondary N) is 3. The number of ether oxygens (including phenoxy) is 4. The number of rotatable bonds is 7. The number of fused-ring (bicyclic) bond motifs is 3. The van der Waals surface area contributed by atoms with Crippen LogP contribution in [0.15, 0.2) is 36.9 Å². The van der Waals surface area contributed by atoms with Gasteiger partial charge in [-0.25, -0.2) is 18.0 Å². The number of cyclic esters (lactones) is 1. The van der Waals surface area contributed by atoms with Gasteiger partial charge in [-0.15, -0.1) is 6.58 Å². The number of hydrogen-bond acceptors (Lipinski definition) is 11. The summed E-state index contributed by atoms with van der Waals surface area (Å²) in [6, 6.07) is 1.22. The molecule has 6 rings (SSSR count). The van der Waals surface area contributed by atoms with Crippen molar-refractivity contribution in [3.63, 3.8) is 0 Å². The number of sulfonamides is 1. The maximum atomic E-state index is 14.4. The molecule has 3 N–H and O–H groups in total. The van der Waals surface area contributed by atoms with Crippen molar-refractivity contribution >= 4 is 39.9 Å². The highest BCUT2D eigenvalue weighted by Gasteiger charge is 2.62. The molecule has 1 aromatic rings. The van der Waals surface area contributed by atoms with Crippen molar-refractivity contribution in [3.05, 3.63) is 48.1 Å². The average Bonchev–Trinajstić information content (AvgIpc) is 4.01. The normalized spacial score (nSPS) is 28.3. The molecule has 294 valence electrons. The molecular formula is C37H49N5O11S. The number of allylic oxidation sites excluding steroid dienone is 1. The van der Waals surface area contributed by atoms with Crippen molar-refractivity contribution in [1.29, 1.82) is 0 Å². The molecule has 3 aliphatic heterocycles. The summed E-state index contributed by atoms with van der Waals surface area (Å²) < 4.78 is 50.5. The van der Waals surface area contributed by atoms with Gasteiger partial charge >= 0.3 is 12.2 Å². The Hall–Kier alpha value is -4.80. The minimum absolute atomic E-state index is 0.0792. The van der Waals surface area contributed by atoms with Crippen molar-refractivity contribution in [2.75, 3.05) is 26.9 Å². The van der Waals surface area contributed by atoms with E-state index >= 15 is 0 Å². The number of amides is 5. The summed E-state index contributed by atoms with van der Waals surface area (Å²) >= 11 is 0. The lowest BCUT2D eigenvalue weighted by atomic mass is 9.85. The Morgan fingerprint density at radius 2 is 1.87 bits per heavy atom. The Morgan fingerprint density at radius 3 is 2.54 bits per heavy atom. The second-order valence-corrected chi connectivity index (χ2v) is 17.5. The van der Waals surface area contributed by atoms with Gasteiger partial charge in [0, 0.05) is 24.4 Å². The largest absolute Gasteiger partial charge is 0.493 e. The van der Waals surface area contributed by atoms with Crippen LogP contribution in [0.2, 0.25) is 0 Å². The molecule has 3 fully saturated rings. The molecule has 1 aromatic carbocycles. The molecule has 1 saturated heterocycles. The Labute approximate surface area is 315 Å². The first-order valence-electron chi connectivity index (χ1n) is 18.2. The van der Waals surface area contributed by atoms with E-state index in [2.05, 4.69) is 21.9 Å². The van der Waals surface area contributed by atoms with E-state index in [-0.39, 0.29) is 45.7 Å². The molecule has 3 heterocycles. The van der Waals surface area contributed by atoms with Crippen LogP contribution in [-0.2, 0) is 47.0 Å². The highest BCUT2D eigenvalue weighted by atomic mass is 32.2. The van der Waals surface area contributed by atoms with Gasteiger partial charge in [-0.1, -0.05) is 45.1 Å². The van der Waals surface area contributed by atoms with Crippen LogP contribution in [0.1, 0.15) is 70.4 Å². The van der Waals surface area contributed by atoms with Crippen LogP contribution < -0.4 is 24.8 Å². The molecule has 17 heteroatoms. The minimum atomic E-state index is -3.93. The molecule has 16 nitrogen and oxygen atoms in total. The van der Waals surface area contributed by atoms with Gasteiger partial charge in [-0.05, 0) is 49.1 Å². The molecule has 0 aromatic heterocycles. The summed E-state index contributed by atoms with van der Waals surface area (Å²) in [5.41, 5.74) is -0.836. The quantitative estimate of drug-likeness (QED) is 0.345. The van der Waals surface area contributed by atoms with Crippen LogP contribution in [0.25, 0.3) is 0 Å². The summed E-state index contributed by atoms with van der Waals surface area (Å²) in [6.07, 6.45) is 4.72. The lowest BCUT2D eigenvalue weighted by Crippen LogP contribution is -2.60. The molecule has 5 amide bonds. The summed E-state index contributed by atoms with van der Waals surface area (Å²) in [6.45, 7) is 9.52. The molecule has 54 heavy (non-hydrogen) atoms. The number of carbonyl (C=O) groups is 5. The fourth-order valence-electron chi connectivity index (χ4n) is 7.14. The van der Waals surface area contributed by atoms with E-state index in [1.165, 1.54) is 23.0 Å². The van der Waals surface area contributed by atoms with E-state index in [1.807, 2.05) is 18.2 Å². The number of hydrogen-bond donors (Lipinski definition) is 3. The third kappa shape index (κ3) is 8.15. The summed E-state index contributed by atoms with van der Waals surface area (Å²) in [7, 11) is -2.40. The van der Waals surface area contributed by atoms with Crippen molar-refractivity contribution in [3.8, 4) is 11.5 Å². The van der Waals surface area contributed by atoms with Crippen molar-refractivity contribution in [2.45, 2.75) is 101 Å². The van der Waals surface area contributed by atoms with E-state index in [0.29, 0.717) is 37.2 Å². The van der Waals surface area contributed by atoms with Crippen LogP contribution in [0.4, 0.5) is 9.59 Å². The monoisotopic (exact) mass is 771 g/mol. The predicted molar refractivity (Wildman–Crippen MR) is 193 cm³/mol. The molecule has 2 saturated carbocycles. The van der Waals surface area contributed by atoms with Crippen molar-refractivity contribution < 1.29 is 51.3 Å². The van der Waals surface area contributed by atoms with Gasteiger partial charge in [0.05, 0.1) is 32.1 Å². The average molecular weight is 772 g/mol. The van der Waals surface area contributed by atoms with Gasteiger partial charge in [0.25, 0.3) is 5.91 Å². The fraction of sp³-hybridized carbons (Fsp3) is 0.595. The van der Waals surface area contributed by atoms with Gasteiger partial charge in [0.15, 0.2) is 11.5 Å². The Morgan fingerprint density at radius 1 is 1.11 bits per heavy atom. The zero-order valence-electron chi connectivity index (χ0n) is 31.1. The van der Waals surface area contributed by atoms with E-state index in [4.69, 9.17) is 18.9 Å². The number of carbonyl (C=O) groups excluding carboxylic acids is 5. The summed E-state index contributed by atoms with van der Waals surface area (Å²) in [5.74, 6) is -1.80. The lowest BCUT2D eigenvalue weighted by Gasteiger charge is -2.35. The van der Waals surface area contributed by atoms with Gasteiger partial charge < -0.3 is 34.5 Å². The van der Waals surface area contributed by atoms with E-state index in [1.54, 1.807) is 26.8 Å². The molecule has 0 radical (unpaired) electrons. The third-order valence-corrected chi connectivity index (χ3v) is 12.3. The van der Waals surface area contributed by atoms with Crippen LogP contribution >= 0.6 is 0 Å². The standard InChI is InChI=1S/C37H49N5O11S/c1-6-23-18-37(23,33(45)40-54(48,49)25-12-13-25)39-31(43)27-17-24-20-42(27)32(44)30(36(2,3)4)38-34(46)52-16-10-8-7-9-15-51-29-26-21-41(35(47)53-24)19-22(26)11-14-28(29)50-5/h6-7,9,11,14,23-25,27,30H,1,8,10,12-13,15-21H2,2-5H3,(H,38,46)(H,39,43)(H,40,45)/b9-7+/t23-,24?,27-,30+,37-/m0/s1. The number of nitrogens with zero attached hydrogens (tertiary/aromatic N) is 2. The highest BCUT2D eigenvalue weighted by Crippen LogP contribution is 2.46. The smallest absolute Gasteiger partial charge is 0.410 e. The van der Waals surface area contributed by atoms with E-state index < -0.39 is 80.2 Å². The SMILES string of the molecule is C=C[C@H]1C[C@@]1(NC(=O)[C@@H]1CC2CN1C(=O)[C@H](C(C)(C)C)NC(=O)OCCC/C=C/COc1c(OC)ccc3c1CN(C3)C(=O)O2)C(=O)NS(=O)(=O)C1CC1. The molecule has 5 aliphatic rings. The second kappa shape index (κ2) is 15.1. The first kappa shape index (κ1) is 38.9. The number of alkyl carbamates (subject to hydrolysis) is 1. The zero-order chi connectivity index (χ0) is 39.0. The van der Waals surface area contributed by atoms with Crippen molar-refractivity contribution in [2.24, 2.45) is 11.3 Å². The summed E-state index contributed by atoms with van der Waals surface area (Å²) in [5, 5.41) is 4.73. The van der Waals surface area contributed by atoms with Gasteiger partial charge in [-0.3, -0.25) is 24.0 Å². The van der Waals surface area contributed by atoms with Gasteiger partial charge in [-0.2, -0.15) is 0 Å². The minimum Gasteiger partial charge on any atom is -0.493 e. The Kier molecular flexibility index (Phi) is 10.9. The molecule has 4 bridgehead atoms. The van der Waals surface area contributed by atoms with Crippen LogP contribution in [0.3, 0.4) is 0 Å². The molecular weight excluding hydrogens is 722 g/mol. The van der Waals surface area contributed by atoms with Crippen LogP contribution in [0, 0.1) is 11.3 Å². The van der Waals surface area contributed by atoms with Gasteiger partial charge in [0.2, 0.25) is 21.8 Å². The maximum Gasteiger partial charge on any atom is 0.410 e. The molecule has 2 aliphatic carbocycles. The lowest BCUT2D eigenvalue weighted by molar-refractivity contribution is -0.142. The van der Waals surface area contributed by atoms with E-state index in [9.17, 15) is 32.4 Å². The summed E-state index contributed by atoms with van der Waals surface area (Å²) in [4.78, 5) is 71.5. The first-order valence-corrected chi connectivity index (χ1v) is 19.8. The molecule has 5 atom stereocenters. The third-order valence-electron chi connectivity index (χ3n) is 10.5. The number of benzene rings is 1. The second-order valence-electron chi connectivity index (χ2n) is 15.5. The topological polar surface area (TPSA) is 199 Å². The predicted octanol–water partition coefficient (Wildman–Crippen LogP) is 2.66. The van der Waals surface area contributed by atoms with Crippen LogP contribution in [-0.4, -0.2) is 104 Å². The first-order chi connectivity index (χ1) is 25.6. The van der Waals surface area contributed by atoms with Gasteiger partial charge in [0.1, 0.15) is 30.3 Å². The molecule has 0 spiro atoms. The van der Waals surface area contributed by atoms with Crippen molar-refractivity contribution in [1.82, 2.24) is 25.2 Å². The van der Waals surface area contributed by atoms with E-state index in [0.717, 1.165) is 11.1 Å². The molecule has 1 unspecified atom stereocenters. The Balaban J connectivity index is 1.28. The van der Waals surface area contributed by atoms with Crippen LogP contribution in [0.5, 0.6) is 11.5 Å². The number of methoxy groups -OCH3 is 1. The zero-order valence-corrected chi connectivity index (χ0v) is 31.9. The Bertz CT molecular complexity index is 1840. The highest BCUT2D eigenvalue weighted by molar-refractivity contribution is 7.91. The fourth-order valence-corrected chi connectivity index (χ4v) is 8.50. The maximum absolute atomic E-state index is 14.4.